The molecule has 1 saturated heterocycles. The second kappa shape index (κ2) is 5.38. The van der Waals surface area contributed by atoms with Crippen LogP contribution in [0.15, 0.2) is 43.1 Å². The van der Waals surface area contributed by atoms with Crippen LogP contribution in [0.1, 0.15) is 5.56 Å². The minimum Gasteiger partial charge on any atom is -0.492 e. The van der Waals surface area contributed by atoms with Crippen molar-refractivity contribution in [3.8, 4) is 5.75 Å². The van der Waals surface area contributed by atoms with Gasteiger partial charge in [0.25, 0.3) is 0 Å². The van der Waals surface area contributed by atoms with Gasteiger partial charge in [0.2, 0.25) is 0 Å². The van der Waals surface area contributed by atoms with E-state index in [9.17, 15) is 0 Å². The summed E-state index contributed by atoms with van der Waals surface area (Å²) in [6, 6.07) is 6.41. The van der Waals surface area contributed by atoms with Gasteiger partial charge in [0.15, 0.2) is 0 Å². The Bertz CT molecular complexity index is 800. The molecular weight excluding hydrogens is 278 g/mol. The zero-order valence-corrected chi connectivity index (χ0v) is 12.4. The van der Waals surface area contributed by atoms with E-state index in [1.165, 1.54) is 5.56 Å². The Labute approximate surface area is 128 Å². The van der Waals surface area contributed by atoms with Gasteiger partial charge in [-0.15, -0.1) is 0 Å². The molecule has 6 heteroatoms. The molecule has 112 valence electrons. The minimum absolute atomic E-state index is 0.487. The third kappa shape index (κ3) is 2.78. The van der Waals surface area contributed by atoms with Gasteiger partial charge in [-0.1, -0.05) is 0 Å². The van der Waals surface area contributed by atoms with E-state index in [-0.39, 0.29) is 0 Å². The maximum Gasteiger partial charge on any atom is 0.121 e. The lowest BCUT2D eigenvalue weighted by Gasteiger charge is -2.07. The van der Waals surface area contributed by atoms with Crippen LogP contribution in [0.5, 0.6) is 5.75 Å². The molecule has 0 radical (unpaired) electrons. The van der Waals surface area contributed by atoms with E-state index in [0.717, 1.165) is 29.7 Å². The van der Waals surface area contributed by atoms with Crippen LogP contribution in [0.4, 0.5) is 0 Å². The van der Waals surface area contributed by atoms with E-state index in [0.29, 0.717) is 12.6 Å². The summed E-state index contributed by atoms with van der Waals surface area (Å²) in [5, 5.41) is 5.22. The summed E-state index contributed by atoms with van der Waals surface area (Å²) in [5.41, 5.74) is 2.16. The molecule has 22 heavy (non-hydrogen) atoms. The fourth-order valence-electron chi connectivity index (χ4n) is 2.60. The molecule has 6 nitrogen and oxygen atoms in total. The average molecular weight is 295 g/mol. The lowest BCUT2D eigenvalue weighted by atomic mass is 10.2. The first kappa shape index (κ1) is 13.2. The summed E-state index contributed by atoms with van der Waals surface area (Å²) in [4.78, 5) is 10.6. The topological polar surface area (TPSA) is 55.8 Å². The molecule has 2 unspecified atom stereocenters. The smallest absolute Gasteiger partial charge is 0.121 e. The van der Waals surface area contributed by atoms with Gasteiger partial charge >= 0.3 is 0 Å². The second-order valence-corrected chi connectivity index (χ2v) is 5.66. The third-order valence-electron chi connectivity index (χ3n) is 3.89. The molecule has 1 aromatic carbocycles. The number of hydrogen-bond donors (Lipinski definition) is 0. The largest absolute Gasteiger partial charge is 0.492 e. The number of fused-ring (bicyclic) bond motifs is 1. The number of rotatable bonds is 5. The molecule has 2 aromatic heterocycles. The summed E-state index contributed by atoms with van der Waals surface area (Å²) in [6.45, 7) is 2.72. The fourth-order valence-corrected chi connectivity index (χ4v) is 2.60. The molecule has 0 amide bonds. The Hall–Kier alpha value is -2.47. The molecule has 0 bridgehead atoms. The van der Waals surface area contributed by atoms with Crippen LogP contribution >= 0.6 is 0 Å². The first-order valence-corrected chi connectivity index (χ1v) is 7.32. The van der Waals surface area contributed by atoms with Gasteiger partial charge in [-0.3, -0.25) is 9.58 Å². The quantitative estimate of drug-likeness (QED) is 0.670. The van der Waals surface area contributed by atoms with Crippen molar-refractivity contribution in [2.45, 2.75) is 12.6 Å². The zero-order chi connectivity index (χ0) is 14.9. The van der Waals surface area contributed by atoms with Crippen molar-refractivity contribution in [3.63, 3.8) is 0 Å². The van der Waals surface area contributed by atoms with E-state index >= 15 is 0 Å². The Morgan fingerprint density at radius 3 is 3.14 bits per heavy atom. The van der Waals surface area contributed by atoms with Crippen molar-refractivity contribution in [1.82, 2.24) is 24.6 Å². The van der Waals surface area contributed by atoms with Gasteiger partial charge in [0, 0.05) is 49.5 Å². The molecule has 1 aliphatic heterocycles. The van der Waals surface area contributed by atoms with Gasteiger partial charge in [-0.05, 0) is 12.1 Å². The first-order chi connectivity index (χ1) is 10.8. The van der Waals surface area contributed by atoms with Crippen molar-refractivity contribution in [2.24, 2.45) is 7.05 Å². The second-order valence-electron chi connectivity index (χ2n) is 5.66. The van der Waals surface area contributed by atoms with E-state index < -0.39 is 0 Å². The number of nitrogens with zero attached hydrogens (tertiary/aromatic N) is 5. The van der Waals surface area contributed by atoms with E-state index in [1.54, 1.807) is 6.33 Å². The molecule has 0 N–H and O–H groups in total. The Balaban J connectivity index is 1.33. The highest BCUT2D eigenvalue weighted by Crippen LogP contribution is 2.23. The van der Waals surface area contributed by atoms with Crippen molar-refractivity contribution in [1.29, 1.82) is 0 Å². The summed E-state index contributed by atoms with van der Waals surface area (Å²) >= 11 is 0. The number of aryl methyl sites for hydroxylation is 1. The van der Waals surface area contributed by atoms with Crippen LogP contribution in [0, 0.1) is 0 Å². The monoisotopic (exact) mass is 295 g/mol. The molecule has 0 saturated carbocycles. The highest BCUT2D eigenvalue weighted by molar-refractivity contribution is 5.78. The fraction of sp³-hybridized carbons (Fsp3) is 0.312. The normalized spacial score (nSPS) is 20.2. The van der Waals surface area contributed by atoms with Crippen molar-refractivity contribution >= 4 is 10.9 Å². The molecule has 3 heterocycles. The zero-order valence-electron chi connectivity index (χ0n) is 12.4. The predicted molar refractivity (Wildman–Crippen MR) is 82.4 cm³/mol. The summed E-state index contributed by atoms with van der Waals surface area (Å²) in [7, 11) is 1.94. The van der Waals surface area contributed by atoms with Crippen molar-refractivity contribution in [2.75, 3.05) is 13.2 Å². The SMILES string of the molecule is Cn1cc(CN2CC2COc2ccc3cncnc3c2)cn1. The summed E-state index contributed by atoms with van der Waals surface area (Å²) in [6.07, 6.45) is 7.34. The molecular formula is C16H17N5O. The maximum atomic E-state index is 5.89. The molecule has 0 aliphatic carbocycles. The molecule has 0 spiro atoms. The molecule has 1 fully saturated rings. The lowest BCUT2D eigenvalue weighted by molar-refractivity contribution is 0.293. The van der Waals surface area contributed by atoms with Crippen LogP contribution in [0.2, 0.25) is 0 Å². The van der Waals surface area contributed by atoms with Gasteiger partial charge < -0.3 is 4.74 Å². The molecule has 1 aliphatic rings. The minimum atomic E-state index is 0.487. The van der Waals surface area contributed by atoms with Gasteiger partial charge in [-0.2, -0.15) is 5.10 Å². The van der Waals surface area contributed by atoms with Crippen LogP contribution in [0.25, 0.3) is 10.9 Å². The van der Waals surface area contributed by atoms with Gasteiger partial charge in [-0.25, -0.2) is 9.97 Å². The van der Waals surface area contributed by atoms with E-state index in [4.69, 9.17) is 4.74 Å². The van der Waals surface area contributed by atoms with Crippen LogP contribution in [-0.4, -0.2) is 43.8 Å². The molecule has 3 aromatic rings. The Morgan fingerprint density at radius 1 is 1.32 bits per heavy atom. The van der Waals surface area contributed by atoms with Crippen molar-refractivity contribution in [3.05, 3.63) is 48.7 Å². The highest BCUT2D eigenvalue weighted by Gasteiger charge is 2.34. The molecule has 2 atom stereocenters. The highest BCUT2D eigenvalue weighted by atomic mass is 16.5. The number of ether oxygens (including phenoxy) is 1. The molecule has 4 rings (SSSR count). The van der Waals surface area contributed by atoms with Crippen LogP contribution < -0.4 is 4.74 Å². The Kier molecular flexibility index (Phi) is 3.23. The predicted octanol–water partition coefficient (Wildman–Crippen LogP) is 1.63. The number of hydrogen-bond acceptors (Lipinski definition) is 5. The maximum absolute atomic E-state index is 5.89. The number of aromatic nitrogens is 4. The standard InChI is InChI=1S/C16H17N5O/c1-20-7-12(5-19-20)8-21-9-14(21)10-22-15-3-2-13-6-17-11-18-16(13)4-15/h2-7,11,14H,8-10H2,1H3. The van der Waals surface area contributed by atoms with Crippen molar-refractivity contribution < 1.29 is 4.74 Å². The van der Waals surface area contributed by atoms with E-state index in [1.807, 2.05) is 42.3 Å². The third-order valence-corrected chi connectivity index (χ3v) is 3.89. The average Bonchev–Trinajstić information content (AvgIpc) is 3.15. The summed E-state index contributed by atoms with van der Waals surface area (Å²) < 4.78 is 7.72. The van der Waals surface area contributed by atoms with Gasteiger partial charge in [0.1, 0.15) is 18.7 Å². The van der Waals surface area contributed by atoms with Crippen LogP contribution in [-0.2, 0) is 13.6 Å². The van der Waals surface area contributed by atoms with Crippen LogP contribution in [0.3, 0.4) is 0 Å². The van der Waals surface area contributed by atoms with E-state index in [2.05, 4.69) is 26.2 Å². The van der Waals surface area contributed by atoms with Gasteiger partial charge in [0.05, 0.1) is 17.8 Å². The Morgan fingerprint density at radius 2 is 2.27 bits per heavy atom. The first-order valence-electron chi connectivity index (χ1n) is 7.32. The summed E-state index contributed by atoms with van der Waals surface area (Å²) in [5.74, 6) is 0.861. The number of benzene rings is 1. The lowest BCUT2D eigenvalue weighted by Crippen LogP contribution is -2.10.